The third-order valence-electron chi connectivity index (χ3n) is 2.87. The summed E-state index contributed by atoms with van der Waals surface area (Å²) in [4.78, 5) is 34.3. The van der Waals surface area contributed by atoms with Gasteiger partial charge in [-0.25, -0.2) is 0 Å². The first-order valence-corrected chi connectivity index (χ1v) is 7.64. The van der Waals surface area contributed by atoms with Crippen molar-refractivity contribution >= 4 is 29.4 Å². The number of hydrogen-bond acceptors (Lipinski definition) is 4. The van der Waals surface area contributed by atoms with Gasteiger partial charge in [0, 0.05) is 12.1 Å². The van der Waals surface area contributed by atoms with E-state index in [9.17, 15) is 14.4 Å². The highest BCUT2D eigenvalue weighted by Crippen LogP contribution is 2.13. The molecule has 0 aliphatic rings. The standard InChI is InChI=1S/C15H19NO4S/c1-15(2,14(19)20)10-16-13(18)9-21-8-12(17)11-6-4-3-5-7-11/h3-7H,8-10H2,1-2H3,(H,16,18)(H,19,20). The fraction of sp³-hybridized carbons (Fsp3) is 0.400. The minimum atomic E-state index is -1.000. The Morgan fingerprint density at radius 1 is 1.14 bits per heavy atom. The summed E-state index contributed by atoms with van der Waals surface area (Å²) in [6.45, 7) is 3.15. The van der Waals surface area contributed by atoms with Gasteiger partial charge in [0.25, 0.3) is 0 Å². The Bertz CT molecular complexity index is 514. The molecule has 114 valence electrons. The van der Waals surface area contributed by atoms with Crippen molar-refractivity contribution < 1.29 is 19.5 Å². The topological polar surface area (TPSA) is 83.5 Å². The fourth-order valence-corrected chi connectivity index (χ4v) is 2.13. The van der Waals surface area contributed by atoms with Crippen LogP contribution in [-0.4, -0.2) is 40.8 Å². The molecular weight excluding hydrogens is 290 g/mol. The van der Waals surface area contributed by atoms with E-state index in [0.29, 0.717) is 5.56 Å². The second-order valence-corrected chi connectivity index (χ2v) is 6.23. The average Bonchev–Trinajstić information content (AvgIpc) is 2.46. The summed E-state index contributed by atoms with van der Waals surface area (Å²) >= 11 is 1.21. The Morgan fingerprint density at radius 3 is 2.33 bits per heavy atom. The second-order valence-electron chi connectivity index (χ2n) is 5.25. The number of aliphatic carboxylic acids is 1. The van der Waals surface area contributed by atoms with Gasteiger partial charge in [-0.3, -0.25) is 14.4 Å². The normalized spacial score (nSPS) is 11.0. The summed E-state index contributed by atoms with van der Waals surface area (Å²) in [5.41, 5.74) is -0.377. The first kappa shape index (κ1) is 17.2. The third kappa shape index (κ3) is 5.99. The molecule has 1 aromatic rings. The monoisotopic (exact) mass is 309 g/mol. The first-order valence-electron chi connectivity index (χ1n) is 6.49. The summed E-state index contributed by atoms with van der Waals surface area (Å²) in [7, 11) is 0. The van der Waals surface area contributed by atoms with Crippen LogP contribution in [0.4, 0.5) is 0 Å². The summed E-state index contributed by atoms with van der Waals surface area (Å²) in [5.74, 6) is -0.905. The number of carboxylic acids is 1. The largest absolute Gasteiger partial charge is 0.481 e. The van der Waals surface area contributed by atoms with E-state index in [1.165, 1.54) is 11.8 Å². The number of carbonyl (C=O) groups excluding carboxylic acids is 2. The maximum Gasteiger partial charge on any atom is 0.310 e. The van der Waals surface area contributed by atoms with Gasteiger partial charge in [-0.05, 0) is 13.8 Å². The molecule has 0 atom stereocenters. The smallest absolute Gasteiger partial charge is 0.310 e. The summed E-state index contributed by atoms with van der Waals surface area (Å²) < 4.78 is 0. The van der Waals surface area contributed by atoms with Crippen LogP contribution in [0.3, 0.4) is 0 Å². The van der Waals surface area contributed by atoms with Crippen LogP contribution in [0.2, 0.25) is 0 Å². The molecule has 0 fully saturated rings. The van der Waals surface area contributed by atoms with Gasteiger partial charge in [0.2, 0.25) is 5.91 Å². The van der Waals surface area contributed by atoms with Gasteiger partial charge in [-0.2, -0.15) is 0 Å². The lowest BCUT2D eigenvalue weighted by Gasteiger charge is -2.19. The highest BCUT2D eigenvalue weighted by molar-refractivity contribution is 8.00. The number of benzene rings is 1. The maximum atomic E-state index is 11.8. The van der Waals surface area contributed by atoms with Crippen molar-refractivity contribution in [3.8, 4) is 0 Å². The Labute approximate surface area is 128 Å². The molecule has 0 bridgehead atoms. The van der Waals surface area contributed by atoms with E-state index in [1.54, 1.807) is 38.1 Å². The highest BCUT2D eigenvalue weighted by atomic mass is 32.2. The van der Waals surface area contributed by atoms with E-state index < -0.39 is 11.4 Å². The van der Waals surface area contributed by atoms with E-state index in [2.05, 4.69) is 5.32 Å². The maximum absolute atomic E-state index is 11.8. The highest BCUT2D eigenvalue weighted by Gasteiger charge is 2.27. The number of ketones is 1. The van der Waals surface area contributed by atoms with Gasteiger partial charge >= 0.3 is 5.97 Å². The number of nitrogens with one attached hydrogen (secondary N) is 1. The molecule has 0 spiro atoms. The lowest BCUT2D eigenvalue weighted by molar-refractivity contribution is -0.146. The number of hydrogen-bond donors (Lipinski definition) is 2. The molecule has 1 rings (SSSR count). The quantitative estimate of drug-likeness (QED) is 0.716. The molecular formula is C15H19NO4S. The van der Waals surface area contributed by atoms with Crippen molar-refractivity contribution in [2.45, 2.75) is 13.8 Å². The number of Topliss-reactive ketones (excluding diaryl/α,β-unsaturated/α-hetero) is 1. The Balaban J connectivity index is 2.28. The molecule has 1 aromatic carbocycles. The van der Waals surface area contributed by atoms with Crippen molar-refractivity contribution in [1.82, 2.24) is 5.32 Å². The second kappa shape index (κ2) is 7.83. The van der Waals surface area contributed by atoms with Crippen LogP contribution in [0.5, 0.6) is 0 Å². The van der Waals surface area contributed by atoms with Crippen molar-refractivity contribution in [1.29, 1.82) is 0 Å². The van der Waals surface area contributed by atoms with E-state index in [1.807, 2.05) is 6.07 Å². The minimum absolute atomic E-state index is 0.0285. The third-order valence-corrected chi connectivity index (χ3v) is 3.80. The zero-order chi connectivity index (χ0) is 15.9. The molecule has 1 amide bonds. The lowest BCUT2D eigenvalue weighted by Crippen LogP contribution is -2.39. The van der Waals surface area contributed by atoms with E-state index >= 15 is 0 Å². The van der Waals surface area contributed by atoms with Crippen LogP contribution >= 0.6 is 11.8 Å². The Hall–Kier alpha value is -1.82. The van der Waals surface area contributed by atoms with Gasteiger partial charge in [0.1, 0.15) is 0 Å². The number of rotatable bonds is 8. The van der Waals surface area contributed by atoms with Gasteiger partial charge < -0.3 is 10.4 Å². The molecule has 0 saturated carbocycles. The van der Waals surface area contributed by atoms with Gasteiger partial charge in [0.05, 0.1) is 16.9 Å². The molecule has 0 aliphatic heterocycles. The molecule has 0 heterocycles. The van der Waals surface area contributed by atoms with Gasteiger partial charge in [-0.1, -0.05) is 30.3 Å². The van der Waals surface area contributed by atoms with Gasteiger partial charge in [-0.15, -0.1) is 11.8 Å². The van der Waals surface area contributed by atoms with Crippen LogP contribution < -0.4 is 5.32 Å². The van der Waals surface area contributed by atoms with Gasteiger partial charge in [0.15, 0.2) is 5.78 Å². The zero-order valence-electron chi connectivity index (χ0n) is 12.1. The van der Waals surface area contributed by atoms with Crippen molar-refractivity contribution in [3.63, 3.8) is 0 Å². The zero-order valence-corrected chi connectivity index (χ0v) is 12.9. The number of thioether (sulfide) groups is 1. The van der Waals surface area contributed by atoms with Crippen LogP contribution in [0, 0.1) is 5.41 Å². The molecule has 0 saturated heterocycles. The predicted octanol–water partition coefficient (Wildman–Crippen LogP) is 1.83. The minimum Gasteiger partial charge on any atom is -0.481 e. The number of amides is 1. The molecule has 0 aliphatic carbocycles. The lowest BCUT2D eigenvalue weighted by atomic mass is 9.94. The fourth-order valence-electron chi connectivity index (χ4n) is 1.39. The van der Waals surface area contributed by atoms with Crippen LogP contribution in [0.25, 0.3) is 0 Å². The van der Waals surface area contributed by atoms with Crippen molar-refractivity contribution in [2.75, 3.05) is 18.1 Å². The number of carboxylic acid groups (broad SMARTS) is 1. The molecule has 2 N–H and O–H groups in total. The first-order chi connectivity index (χ1) is 9.83. The molecule has 0 unspecified atom stereocenters. The molecule has 6 heteroatoms. The molecule has 0 aromatic heterocycles. The molecule has 21 heavy (non-hydrogen) atoms. The SMILES string of the molecule is CC(C)(CNC(=O)CSCC(=O)c1ccccc1)C(=O)O. The van der Waals surface area contributed by atoms with Crippen molar-refractivity contribution in [2.24, 2.45) is 5.41 Å². The summed E-state index contributed by atoms with van der Waals surface area (Å²) in [6.07, 6.45) is 0. The summed E-state index contributed by atoms with van der Waals surface area (Å²) in [6, 6.07) is 8.88. The summed E-state index contributed by atoms with van der Waals surface area (Å²) in [5, 5.41) is 11.5. The van der Waals surface area contributed by atoms with Crippen LogP contribution in [0.1, 0.15) is 24.2 Å². The van der Waals surface area contributed by atoms with Crippen molar-refractivity contribution in [3.05, 3.63) is 35.9 Å². The van der Waals surface area contributed by atoms with E-state index in [4.69, 9.17) is 5.11 Å². The number of carbonyl (C=O) groups is 3. The van der Waals surface area contributed by atoms with E-state index in [0.717, 1.165) is 0 Å². The molecule has 0 radical (unpaired) electrons. The van der Waals surface area contributed by atoms with E-state index in [-0.39, 0.29) is 29.7 Å². The average molecular weight is 309 g/mol. The Kier molecular flexibility index (Phi) is 6.42. The predicted molar refractivity (Wildman–Crippen MR) is 82.5 cm³/mol. The Morgan fingerprint density at radius 2 is 1.76 bits per heavy atom. The van der Waals surface area contributed by atoms with Crippen LogP contribution in [-0.2, 0) is 9.59 Å². The van der Waals surface area contributed by atoms with Crippen LogP contribution in [0.15, 0.2) is 30.3 Å². The molecule has 5 nitrogen and oxygen atoms in total.